The average Bonchev–Trinajstić information content (AvgIpc) is 3.18. The third-order valence-corrected chi connectivity index (χ3v) is 6.06. The van der Waals surface area contributed by atoms with Gasteiger partial charge in [-0.15, -0.1) is 11.3 Å². The van der Waals surface area contributed by atoms with Crippen molar-refractivity contribution in [2.45, 2.75) is 19.9 Å². The number of hydrogen-bond acceptors (Lipinski definition) is 5. The van der Waals surface area contributed by atoms with Gasteiger partial charge in [0.15, 0.2) is 5.13 Å². The second-order valence-corrected chi connectivity index (χ2v) is 8.02. The fourth-order valence-corrected chi connectivity index (χ4v) is 4.28. The van der Waals surface area contributed by atoms with Crippen molar-refractivity contribution in [3.8, 4) is 0 Å². The van der Waals surface area contributed by atoms with Gasteiger partial charge >= 0.3 is 5.91 Å². The van der Waals surface area contributed by atoms with Crippen LogP contribution in [0.15, 0.2) is 54.1 Å². The Bertz CT molecular complexity index is 1180. The van der Waals surface area contributed by atoms with Crippen LogP contribution in [0.4, 0.5) is 13.9 Å². The highest BCUT2D eigenvalue weighted by Crippen LogP contribution is 2.44. The zero-order chi connectivity index (χ0) is 21.6. The third kappa shape index (κ3) is 3.19. The molecule has 0 aliphatic carbocycles. The van der Waals surface area contributed by atoms with Gasteiger partial charge in [0.25, 0.3) is 5.78 Å². The lowest BCUT2D eigenvalue weighted by atomic mass is 9.95. The minimum absolute atomic E-state index is 0.0471. The first kappa shape index (κ1) is 19.9. The molecule has 1 N–H and O–H groups in total. The Labute approximate surface area is 174 Å². The zero-order valence-electron chi connectivity index (χ0n) is 16.0. The predicted molar refractivity (Wildman–Crippen MR) is 109 cm³/mol. The molecule has 30 heavy (non-hydrogen) atoms. The van der Waals surface area contributed by atoms with E-state index >= 15 is 0 Å². The molecule has 0 saturated carbocycles. The Kier molecular flexibility index (Phi) is 4.95. The predicted octanol–water partition coefficient (Wildman–Crippen LogP) is 4.66. The molecule has 1 unspecified atom stereocenters. The molecule has 152 valence electrons. The van der Waals surface area contributed by atoms with Crippen molar-refractivity contribution in [2.75, 3.05) is 4.90 Å². The number of aromatic nitrogens is 1. The molecule has 0 radical (unpaired) electrons. The van der Waals surface area contributed by atoms with Crippen LogP contribution in [0.2, 0.25) is 0 Å². The van der Waals surface area contributed by atoms with Gasteiger partial charge < -0.3 is 5.11 Å². The zero-order valence-corrected chi connectivity index (χ0v) is 16.8. The summed E-state index contributed by atoms with van der Waals surface area (Å²) in [6.07, 6.45) is 0. The summed E-state index contributed by atoms with van der Waals surface area (Å²) in [5.74, 6) is -3.54. The molecular weight excluding hydrogens is 410 g/mol. The van der Waals surface area contributed by atoms with Crippen LogP contribution in [0, 0.1) is 25.5 Å². The van der Waals surface area contributed by atoms with Gasteiger partial charge in [-0.1, -0.05) is 18.2 Å². The lowest BCUT2D eigenvalue weighted by molar-refractivity contribution is -0.132. The summed E-state index contributed by atoms with van der Waals surface area (Å²) < 4.78 is 28.0. The molecule has 1 amide bonds. The molecule has 2 aromatic carbocycles. The highest BCUT2D eigenvalue weighted by Gasteiger charge is 2.49. The third-order valence-electron chi connectivity index (χ3n) is 4.99. The minimum Gasteiger partial charge on any atom is -0.507 e. The first-order chi connectivity index (χ1) is 14.3. The highest BCUT2D eigenvalue weighted by atomic mass is 32.1. The summed E-state index contributed by atoms with van der Waals surface area (Å²) >= 11 is 1.20. The topological polar surface area (TPSA) is 70.5 Å². The molecule has 5 nitrogen and oxygen atoms in total. The molecule has 1 atom stereocenters. The molecular formula is C22H16F2N2O3S. The van der Waals surface area contributed by atoms with E-state index in [4.69, 9.17) is 0 Å². The molecule has 1 aliphatic rings. The number of thiazole rings is 1. The summed E-state index contributed by atoms with van der Waals surface area (Å²) in [5.41, 5.74) is 0.595. The number of aliphatic hydroxyl groups excluding tert-OH is 1. The van der Waals surface area contributed by atoms with Crippen LogP contribution >= 0.6 is 11.3 Å². The van der Waals surface area contributed by atoms with E-state index in [2.05, 4.69) is 4.98 Å². The largest absolute Gasteiger partial charge is 0.507 e. The van der Waals surface area contributed by atoms with Crippen molar-refractivity contribution in [1.29, 1.82) is 0 Å². The summed E-state index contributed by atoms with van der Waals surface area (Å²) in [6, 6.07) is 9.34. The molecule has 1 fully saturated rings. The van der Waals surface area contributed by atoms with Crippen LogP contribution in [-0.2, 0) is 9.59 Å². The molecule has 1 aliphatic heterocycles. The van der Waals surface area contributed by atoms with Crippen LogP contribution in [0.5, 0.6) is 0 Å². The molecule has 0 bridgehead atoms. The molecule has 1 aromatic heterocycles. The number of Topliss-reactive ketones (excluding diaryl/α,β-unsaturated/α-hetero) is 1. The van der Waals surface area contributed by atoms with Crippen molar-refractivity contribution in [1.82, 2.24) is 4.98 Å². The van der Waals surface area contributed by atoms with E-state index in [1.165, 1.54) is 41.7 Å². The Morgan fingerprint density at radius 1 is 1.07 bits per heavy atom. The maximum absolute atomic E-state index is 14.7. The van der Waals surface area contributed by atoms with E-state index in [-0.39, 0.29) is 21.8 Å². The number of benzene rings is 2. The molecule has 0 spiro atoms. The smallest absolute Gasteiger partial charge is 0.301 e. The Hall–Kier alpha value is -3.39. The van der Waals surface area contributed by atoms with Crippen LogP contribution < -0.4 is 4.90 Å². The lowest BCUT2D eigenvalue weighted by Gasteiger charge is -2.23. The second kappa shape index (κ2) is 7.46. The van der Waals surface area contributed by atoms with Crippen molar-refractivity contribution in [3.63, 3.8) is 0 Å². The number of hydrogen-bond donors (Lipinski definition) is 1. The van der Waals surface area contributed by atoms with E-state index in [0.29, 0.717) is 5.69 Å². The van der Waals surface area contributed by atoms with Crippen LogP contribution in [0.1, 0.15) is 27.7 Å². The van der Waals surface area contributed by atoms with E-state index in [9.17, 15) is 23.5 Å². The van der Waals surface area contributed by atoms with Gasteiger partial charge in [0.2, 0.25) is 0 Å². The fourth-order valence-electron chi connectivity index (χ4n) is 3.34. The molecule has 3 aromatic rings. The monoisotopic (exact) mass is 426 g/mol. The van der Waals surface area contributed by atoms with E-state index in [1.54, 1.807) is 13.0 Å². The highest BCUT2D eigenvalue weighted by molar-refractivity contribution is 7.16. The maximum Gasteiger partial charge on any atom is 0.301 e. The number of amides is 1. The van der Waals surface area contributed by atoms with E-state index < -0.39 is 35.1 Å². The summed E-state index contributed by atoms with van der Waals surface area (Å²) in [4.78, 5) is 32.2. The maximum atomic E-state index is 14.7. The Morgan fingerprint density at radius 2 is 1.73 bits per heavy atom. The van der Waals surface area contributed by atoms with E-state index in [0.717, 1.165) is 21.9 Å². The summed E-state index contributed by atoms with van der Waals surface area (Å²) in [7, 11) is 0. The van der Waals surface area contributed by atoms with Crippen LogP contribution in [-0.4, -0.2) is 21.8 Å². The van der Waals surface area contributed by atoms with Crippen LogP contribution in [0.3, 0.4) is 0 Å². The number of carbonyl (C=O) groups excluding carboxylic acids is 2. The number of anilines is 1. The molecule has 4 rings (SSSR count). The first-order valence-electron chi connectivity index (χ1n) is 9.05. The quantitative estimate of drug-likeness (QED) is 0.376. The van der Waals surface area contributed by atoms with Crippen molar-refractivity contribution in [3.05, 3.63) is 87.4 Å². The number of halogens is 2. The summed E-state index contributed by atoms with van der Waals surface area (Å²) in [5, 5.41) is 11.1. The van der Waals surface area contributed by atoms with Gasteiger partial charge in [-0.05, 0) is 44.2 Å². The van der Waals surface area contributed by atoms with Gasteiger partial charge in [0.05, 0.1) is 11.3 Å². The van der Waals surface area contributed by atoms with E-state index in [1.807, 2.05) is 6.92 Å². The van der Waals surface area contributed by atoms with Crippen molar-refractivity contribution in [2.24, 2.45) is 0 Å². The number of carbonyl (C=O) groups is 2. The number of aliphatic hydroxyl groups is 1. The first-order valence-corrected chi connectivity index (χ1v) is 9.86. The summed E-state index contributed by atoms with van der Waals surface area (Å²) in [6.45, 7) is 3.59. The normalized spacial score (nSPS) is 18.3. The lowest BCUT2D eigenvalue weighted by Crippen LogP contribution is -2.29. The van der Waals surface area contributed by atoms with Gasteiger partial charge in [0, 0.05) is 16.0 Å². The van der Waals surface area contributed by atoms with Gasteiger partial charge in [-0.3, -0.25) is 14.5 Å². The molecule has 2 heterocycles. The Balaban J connectivity index is 1.97. The van der Waals surface area contributed by atoms with Gasteiger partial charge in [0.1, 0.15) is 23.4 Å². The second-order valence-electron chi connectivity index (χ2n) is 6.84. The molecule has 8 heteroatoms. The molecule has 1 saturated heterocycles. The number of nitrogens with zero attached hydrogens (tertiary/aromatic N) is 2. The number of aryl methyl sites for hydroxylation is 2. The number of rotatable bonds is 3. The van der Waals surface area contributed by atoms with Gasteiger partial charge in [-0.2, -0.15) is 0 Å². The number of ketones is 1. The standard InChI is InChI=1S/C22H16F2N2O3S/c1-11-12(2)30-22(25-11)26-18(15-5-3-4-6-16(15)24)17(20(28)21(26)29)19(27)13-7-9-14(23)10-8-13/h3-10,18,27H,1-2H3/b19-17+. The van der Waals surface area contributed by atoms with Crippen molar-refractivity contribution >= 4 is 33.9 Å². The van der Waals surface area contributed by atoms with Crippen molar-refractivity contribution < 1.29 is 23.5 Å². The Morgan fingerprint density at radius 3 is 2.33 bits per heavy atom. The SMILES string of the molecule is Cc1nc(N2C(=O)C(=O)/C(=C(/O)c3ccc(F)cc3)C2c2ccccc2F)sc1C. The van der Waals surface area contributed by atoms with Gasteiger partial charge in [-0.25, -0.2) is 13.8 Å². The fraction of sp³-hybridized carbons (Fsp3) is 0.136. The minimum atomic E-state index is -1.21. The average molecular weight is 426 g/mol. The van der Waals surface area contributed by atoms with Crippen LogP contribution in [0.25, 0.3) is 5.76 Å².